The average molecular weight is 285 g/mol. The highest BCUT2D eigenvalue weighted by atomic mass is 16.5. The zero-order chi connectivity index (χ0) is 14.1. The van der Waals surface area contributed by atoms with E-state index >= 15 is 0 Å². The molecule has 2 heterocycles. The fraction of sp³-hybridized carbons (Fsp3) is 0.588. The Balaban J connectivity index is 1.31. The summed E-state index contributed by atoms with van der Waals surface area (Å²) in [5.41, 5.74) is 1.07. The van der Waals surface area contributed by atoms with Gasteiger partial charge in [-0.2, -0.15) is 5.10 Å². The highest BCUT2D eigenvalue weighted by molar-refractivity contribution is 5.79. The molecule has 21 heavy (non-hydrogen) atoms. The Morgan fingerprint density at radius 2 is 2.05 bits per heavy atom. The van der Waals surface area contributed by atoms with Crippen LogP contribution in [0.5, 0.6) is 5.75 Å². The van der Waals surface area contributed by atoms with Crippen LogP contribution in [0.25, 0.3) is 10.9 Å². The molecule has 0 unspecified atom stereocenters. The molecule has 0 radical (unpaired) electrons. The quantitative estimate of drug-likeness (QED) is 0.938. The second kappa shape index (κ2) is 5.68. The summed E-state index contributed by atoms with van der Waals surface area (Å²) in [5.74, 6) is 1.95. The van der Waals surface area contributed by atoms with Crippen LogP contribution in [-0.2, 0) is 0 Å². The van der Waals surface area contributed by atoms with E-state index in [9.17, 15) is 0 Å². The number of nitrogens with zero attached hydrogens (tertiary/aromatic N) is 2. The van der Waals surface area contributed by atoms with Crippen molar-refractivity contribution in [2.75, 3.05) is 19.6 Å². The molecular formula is C17H23N3O. The van der Waals surface area contributed by atoms with Crippen molar-refractivity contribution >= 4 is 10.9 Å². The maximum absolute atomic E-state index is 6.16. The molecule has 4 heteroatoms. The van der Waals surface area contributed by atoms with Gasteiger partial charge >= 0.3 is 0 Å². The molecule has 0 bridgehead atoms. The molecule has 0 spiro atoms. The summed E-state index contributed by atoms with van der Waals surface area (Å²) in [6.07, 6.45) is 8.85. The molecular weight excluding hydrogens is 262 g/mol. The molecule has 2 aromatic rings. The molecule has 0 amide bonds. The molecule has 4 nitrogen and oxygen atoms in total. The van der Waals surface area contributed by atoms with Crippen molar-refractivity contribution in [1.82, 2.24) is 15.1 Å². The lowest BCUT2D eigenvalue weighted by molar-refractivity contribution is 0.0805. The number of aromatic amines is 1. The Morgan fingerprint density at radius 3 is 2.81 bits per heavy atom. The predicted octanol–water partition coefficient (Wildman–Crippen LogP) is 3.21. The van der Waals surface area contributed by atoms with Crippen LogP contribution >= 0.6 is 0 Å². The molecule has 1 saturated carbocycles. The van der Waals surface area contributed by atoms with Crippen molar-refractivity contribution in [3.8, 4) is 5.75 Å². The number of nitrogens with one attached hydrogen (secondary N) is 1. The van der Waals surface area contributed by atoms with Gasteiger partial charge in [0.15, 0.2) is 0 Å². The summed E-state index contributed by atoms with van der Waals surface area (Å²) in [6, 6.07) is 6.17. The molecule has 1 aliphatic carbocycles. The van der Waals surface area contributed by atoms with Crippen molar-refractivity contribution in [3.05, 3.63) is 24.4 Å². The SMILES string of the molecule is c1cc2[nH]ncc2cc1OC1CCN(CC2CCC2)CC1. The monoisotopic (exact) mass is 285 g/mol. The Labute approximate surface area is 125 Å². The first-order valence-corrected chi connectivity index (χ1v) is 8.19. The van der Waals surface area contributed by atoms with Crippen molar-refractivity contribution in [1.29, 1.82) is 0 Å². The first-order chi connectivity index (χ1) is 10.4. The summed E-state index contributed by atoms with van der Waals surface area (Å²) >= 11 is 0. The minimum absolute atomic E-state index is 0.368. The van der Waals surface area contributed by atoms with Gasteiger partial charge in [0.05, 0.1) is 11.7 Å². The van der Waals surface area contributed by atoms with Gasteiger partial charge in [0.1, 0.15) is 11.9 Å². The van der Waals surface area contributed by atoms with Gasteiger partial charge < -0.3 is 9.64 Å². The third kappa shape index (κ3) is 2.91. The van der Waals surface area contributed by atoms with Gasteiger partial charge in [-0.3, -0.25) is 5.10 Å². The number of benzene rings is 1. The molecule has 2 aliphatic rings. The zero-order valence-electron chi connectivity index (χ0n) is 12.4. The lowest BCUT2D eigenvalue weighted by atomic mass is 9.85. The van der Waals surface area contributed by atoms with Crippen LogP contribution in [0.15, 0.2) is 24.4 Å². The van der Waals surface area contributed by atoms with E-state index in [0.29, 0.717) is 6.10 Å². The van der Waals surface area contributed by atoms with Gasteiger partial charge in [-0.05, 0) is 49.8 Å². The van der Waals surface area contributed by atoms with E-state index < -0.39 is 0 Å². The molecule has 0 atom stereocenters. The van der Waals surface area contributed by atoms with Crippen LogP contribution in [-0.4, -0.2) is 40.8 Å². The first-order valence-electron chi connectivity index (χ1n) is 8.19. The van der Waals surface area contributed by atoms with Crippen LogP contribution < -0.4 is 4.74 Å². The molecule has 1 aliphatic heterocycles. The molecule has 2 fully saturated rings. The van der Waals surface area contributed by atoms with Crippen molar-refractivity contribution in [2.24, 2.45) is 5.92 Å². The average Bonchev–Trinajstić information content (AvgIpc) is 2.92. The van der Waals surface area contributed by atoms with Gasteiger partial charge in [-0.15, -0.1) is 0 Å². The zero-order valence-corrected chi connectivity index (χ0v) is 12.4. The predicted molar refractivity (Wildman–Crippen MR) is 83.5 cm³/mol. The van der Waals surface area contributed by atoms with Crippen LogP contribution in [0.3, 0.4) is 0 Å². The molecule has 112 valence electrons. The minimum atomic E-state index is 0.368. The largest absolute Gasteiger partial charge is 0.490 e. The third-order valence-electron chi connectivity index (χ3n) is 4.99. The third-order valence-corrected chi connectivity index (χ3v) is 4.99. The van der Waals surface area contributed by atoms with E-state index in [1.807, 2.05) is 18.3 Å². The fourth-order valence-electron chi connectivity index (χ4n) is 3.44. The maximum atomic E-state index is 6.16. The highest BCUT2D eigenvalue weighted by Gasteiger charge is 2.25. The number of fused-ring (bicyclic) bond motifs is 1. The maximum Gasteiger partial charge on any atom is 0.120 e. The Kier molecular flexibility index (Phi) is 3.55. The van der Waals surface area contributed by atoms with Gasteiger partial charge in [-0.25, -0.2) is 0 Å². The smallest absolute Gasteiger partial charge is 0.120 e. The summed E-state index contributed by atoms with van der Waals surface area (Å²) < 4.78 is 6.16. The molecule has 1 N–H and O–H groups in total. The second-order valence-corrected chi connectivity index (χ2v) is 6.53. The van der Waals surface area contributed by atoms with E-state index in [2.05, 4.69) is 21.2 Å². The molecule has 1 saturated heterocycles. The number of aromatic nitrogens is 2. The number of hydrogen-bond acceptors (Lipinski definition) is 3. The first kappa shape index (κ1) is 13.1. The minimum Gasteiger partial charge on any atom is -0.490 e. The van der Waals surface area contributed by atoms with E-state index in [0.717, 1.165) is 35.4 Å². The van der Waals surface area contributed by atoms with Crippen LogP contribution in [0.2, 0.25) is 0 Å². The number of ether oxygens (including phenoxy) is 1. The standard InChI is InChI=1S/C17H23N3O/c1-2-13(3-1)12-20-8-6-15(7-9-20)21-16-4-5-17-14(10-16)11-18-19-17/h4-5,10-11,13,15H,1-3,6-9,12H2,(H,18,19). The number of likely N-dealkylation sites (tertiary alicyclic amines) is 1. The molecule has 1 aromatic carbocycles. The van der Waals surface area contributed by atoms with E-state index in [4.69, 9.17) is 4.74 Å². The summed E-state index contributed by atoms with van der Waals surface area (Å²) in [6.45, 7) is 3.69. The van der Waals surface area contributed by atoms with Gasteiger partial charge in [0.25, 0.3) is 0 Å². The van der Waals surface area contributed by atoms with Crippen LogP contribution in [0, 0.1) is 5.92 Å². The Hall–Kier alpha value is -1.55. The second-order valence-electron chi connectivity index (χ2n) is 6.53. The molecule has 4 rings (SSSR count). The van der Waals surface area contributed by atoms with E-state index in [-0.39, 0.29) is 0 Å². The number of piperidine rings is 1. The topological polar surface area (TPSA) is 41.1 Å². The van der Waals surface area contributed by atoms with Crippen LogP contribution in [0.1, 0.15) is 32.1 Å². The fourth-order valence-corrected chi connectivity index (χ4v) is 3.44. The number of hydrogen-bond donors (Lipinski definition) is 1. The lowest BCUT2D eigenvalue weighted by Gasteiger charge is -2.36. The van der Waals surface area contributed by atoms with E-state index in [1.54, 1.807) is 0 Å². The summed E-state index contributed by atoms with van der Waals surface area (Å²) in [5, 5.41) is 8.15. The van der Waals surface area contributed by atoms with Crippen molar-refractivity contribution < 1.29 is 4.74 Å². The van der Waals surface area contributed by atoms with E-state index in [1.165, 1.54) is 38.9 Å². The van der Waals surface area contributed by atoms with Crippen molar-refractivity contribution in [3.63, 3.8) is 0 Å². The molecule has 1 aromatic heterocycles. The number of rotatable bonds is 4. The lowest BCUT2D eigenvalue weighted by Crippen LogP contribution is -2.41. The number of H-pyrrole nitrogens is 1. The summed E-state index contributed by atoms with van der Waals surface area (Å²) in [4.78, 5) is 2.63. The Bertz CT molecular complexity index is 597. The van der Waals surface area contributed by atoms with Crippen molar-refractivity contribution in [2.45, 2.75) is 38.2 Å². The van der Waals surface area contributed by atoms with Gasteiger partial charge in [-0.1, -0.05) is 6.42 Å². The van der Waals surface area contributed by atoms with Gasteiger partial charge in [0.2, 0.25) is 0 Å². The van der Waals surface area contributed by atoms with Gasteiger partial charge in [0, 0.05) is 25.0 Å². The van der Waals surface area contributed by atoms with Crippen LogP contribution in [0.4, 0.5) is 0 Å². The normalized spacial score (nSPS) is 21.5. The highest BCUT2D eigenvalue weighted by Crippen LogP contribution is 2.29. The Morgan fingerprint density at radius 1 is 1.19 bits per heavy atom. The summed E-state index contributed by atoms with van der Waals surface area (Å²) in [7, 11) is 0.